The molecule has 1 atom stereocenters. The van der Waals surface area contributed by atoms with E-state index in [4.69, 9.17) is 16.3 Å². The molecule has 94 valence electrons. The molecule has 1 aromatic rings. The molecule has 1 aliphatic rings. The number of rotatable bonds is 4. The molecule has 1 aliphatic heterocycles. The molecule has 0 radical (unpaired) electrons. The summed E-state index contributed by atoms with van der Waals surface area (Å²) in [6.45, 7) is 4.91. The second kappa shape index (κ2) is 6.22. The van der Waals surface area contributed by atoms with E-state index in [2.05, 4.69) is 22.9 Å². The predicted molar refractivity (Wildman–Crippen MR) is 70.7 cm³/mol. The number of halogens is 1. The van der Waals surface area contributed by atoms with E-state index in [1.54, 1.807) is 0 Å². The Morgan fingerprint density at radius 3 is 3.24 bits per heavy atom. The zero-order valence-electron chi connectivity index (χ0n) is 10.2. The van der Waals surface area contributed by atoms with Crippen molar-refractivity contribution in [2.75, 3.05) is 24.6 Å². The summed E-state index contributed by atoms with van der Waals surface area (Å²) in [5.41, 5.74) is 2.14. The minimum absolute atomic E-state index is 0.362. The fraction of sp³-hybridized carbons (Fsp3) is 0.615. The number of alkyl halides is 1. The number of piperidine rings is 1. The molecule has 0 spiro atoms. The molecule has 0 aromatic carbocycles. The maximum Gasteiger partial charge on any atom is 0.0750 e. The molecule has 3 nitrogen and oxygen atoms in total. The van der Waals surface area contributed by atoms with Gasteiger partial charge in [-0.15, -0.1) is 11.6 Å². The van der Waals surface area contributed by atoms with Gasteiger partial charge in [-0.3, -0.25) is 4.98 Å². The van der Waals surface area contributed by atoms with Gasteiger partial charge in [0.15, 0.2) is 0 Å². The number of pyridine rings is 1. The van der Waals surface area contributed by atoms with E-state index in [1.807, 2.05) is 12.3 Å². The van der Waals surface area contributed by atoms with Crippen LogP contribution in [0.3, 0.4) is 0 Å². The van der Waals surface area contributed by atoms with Gasteiger partial charge in [0.05, 0.1) is 17.7 Å². The minimum atomic E-state index is 0.362. The van der Waals surface area contributed by atoms with Gasteiger partial charge in [0.1, 0.15) is 0 Å². The lowest BCUT2D eigenvalue weighted by atomic mass is 10.1. The summed E-state index contributed by atoms with van der Waals surface area (Å²) in [6, 6.07) is 4.12. The summed E-state index contributed by atoms with van der Waals surface area (Å²) in [6.07, 6.45) is 4.54. The van der Waals surface area contributed by atoms with Crippen molar-refractivity contribution in [2.45, 2.75) is 31.7 Å². The Balaban J connectivity index is 2.05. The van der Waals surface area contributed by atoms with Gasteiger partial charge in [0.25, 0.3) is 0 Å². The highest BCUT2D eigenvalue weighted by Gasteiger charge is 2.20. The average molecular weight is 255 g/mol. The molecular formula is C13H19ClN2O. The normalized spacial score (nSPS) is 20.6. The van der Waals surface area contributed by atoms with Gasteiger partial charge in [-0.1, -0.05) is 0 Å². The van der Waals surface area contributed by atoms with Crippen molar-refractivity contribution in [3.05, 3.63) is 24.0 Å². The Hall–Kier alpha value is -0.800. The van der Waals surface area contributed by atoms with Gasteiger partial charge in [0.2, 0.25) is 0 Å². The zero-order chi connectivity index (χ0) is 12.1. The summed E-state index contributed by atoms with van der Waals surface area (Å²) in [7, 11) is 0. The van der Waals surface area contributed by atoms with Crippen molar-refractivity contribution in [3.63, 3.8) is 0 Å². The van der Waals surface area contributed by atoms with Crippen LogP contribution in [0.2, 0.25) is 0 Å². The van der Waals surface area contributed by atoms with Crippen molar-refractivity contribution < 1.29 is 4.74 Å². The quantitative estimate of drug-likeness (QED) is 0.773. The molecule has 0 aliphatic carbocycles. The van der Waals surface area contributed by atoms with Gasteiger partial charge in [-0.2, -0.15) is 0 Å². The number of nitrogens with zero attached hydrogens (tertiary/aromatic N) is 2. The Kier molecular flexibility index (Phi) is 4.63. The van der Waals surface area contributed by atoms with E-state index in [1.165, 1.54) is 12.1 Å². The highest BCUT2D eigenvalue weighted by molar-refractivity contribution is 6.16. The van der Waals surface area contributed by atoms with Crippen molar-refractivity contribution >= 4 is 17.3 Å². The van der Waals surface area contributed by atoms with Crippen LogP contribution in [-0.4, -0.2) is 30.8 Å². The second-order valence-electron chi connectivity index (χ2n) is 4.30. The van der Waals surface area contributed by atoms with Crippen molar-refractivity contribution in [1.29, 1.82) is 0 Å². The van der Waals surface area contributed by atoms with Gasteiger partial charge >= 0.3 is 0 Å². The standard InChI is InChI=1S/C13H19ClN2O/c1-2-17-13-4-3-7-16(10-13)12-5-6-15-11(8-12)9-14/h5-6,8,13H,2-4,7,9-10H2,1H3. The zero-order valence-corrected chi connectivity index (χ0v) is 11.0. The molecule has 1 saturated heterocycles. The van der Waals surface area contributed by atoms with Crippen molar-refractivity contribution in [2.24, 2.45) is 0 Å². The monoisotopic (exact) mass is 254 g/mol. The first-order valence-corrected chi connectivity index (χ1v) is 6.74. The van der Waals surface area contributed by atoms with Crippen LogP contribution in [-0.2, 0) is 10.6 Å². The van der Waals surface area contributed by atoms with E-state index < -0.39 is 0 Å². The van der Waals surface area contributed by atoms with Gasteiger partial charge in [-0.25, -0.2) is 0 Å². The smallest absolute Gasteiger partial charge is 0.0750 e. The molecule has 0 amide bonds. The highest BCUT2D eigenvalue weighted by Crippen LogP contribution is 2.21. The lowest BCUT2D eigenvalue weighted by Crippen LogP contribution is -2.39. The first-order valence-electron chi connectivity index (χ1n) is 6.21. The number of hydrogen-bond acceptors (Lipinski definition) is 3. The lowest BCUT2D eigenvalue weighted by Gasteiger charge is -2.34. The second-order valence-corrected chi connectivity index (χ2v) is 4.57. The Bertz CT molecular complexity index is 357. The van der Waals surface area contributed by atoms with Crippen LogP contribution in [0.15, 0.2) is 18.3 Å². The van der Waals surface area contributed by atoms with Crippen LogP contribution >= 0.6 is 11.6 Å². The first kappa shape index (κ1) is 12.7. The molecule has 2 heterocycles. The predicted octanol–water partition coefficient (Wildman–Crippen LogP) is 2.83. The minimum Gasteiger partial charge on any atom is -0.377 e. The Labute approximate surface area is 108 Å². The van der Waals surface area contributed by atoms with E-state index in [0.29, 0.717) is 12.0 Å². The number of aromatic nitrogens is 1. The fourth-order valence-corrected chi connectivity index (χ4v) is 2.43. The summed E-state index contributed by atoms with van der Waals surface area (Å²) in [5, 5.41) is 0. The van der Waals surface area contributed by atoms with Crippen LogP contribution in [0.4, 0.5) is 5.69 Å². The van der Waals surface area contributed by atoms with E-state index in [-0.39, 0.29) is 0 Å². The third-order valence-electron chi connectivity index (χ3n) is 3.08. The molecule has 17 heavy (non-hydrogen) atoms. The molecule has 0 saturated carbocycles. The van der Waals surface area contributed by atoms with Crippen LogP contribution in [0.5, 0.6) is 0 Å². The molecule has 1 aromatic heterocycles. The molecule has 0 bridgehead atoms. The Morgan fingerprint density at radius 2 is 2.47 bits per heavy atom. The van der Waals surface area contributed by atoms with Gasteiger partial charge in [0, 0.05) is 31.6 Å². The average Bonchev–Trinajstić information content (AvgIpc) is 2.40. The number of anilines is 1. The highest BCUT2D eigenvalue weighted by atomic mass is 35.5. The summed E-state index contributed by atoms with van der Waals surface area (Å²) in [5.74, 6) is 0.469. The molecule has 0 N–H and O–H groups in total. The molecule has 1 fully saturated rings. The van der Waals surface area contributed by atoms with Crippen LogP contribution in [0, 0.1) is 0 Å². The van der Waals surface area contributed by atoms with Gasteiger partial charge in [-0.05, 0) is 31.9 Å². The van der Waals surface area contributed by atoms with E-state index >= 15 is 0 Å². The third-order valence-corrected chi connectivity index (χ3v) is 3.36. The molecular weight excluding hydrogens is 236 g/mol. The van der Waals surface area contributed by atoms with Crippen molar-refractivity contribution in [1.82, 2.24) is 4.98 Å². The van der Waals surface area contributed by atoms with Crippen LogP contribution in [0.25, 0.3) is 0 Å². The van der Waals surface area contributed by atoms with E-state index in [0.717, 1.165) is 31.8 Å². The van der Waals surface area contributed by atoms with Crippen LogP contribution < -0.4 is 4.90 Å². The Morgan fingerprint density at radius 1 is 1.59 bits per heavy atom. The SMILES string of the molecule is CCOC1CCCN(c2ccnc(CCl)c2)C1. The lowest BCUT2D eigenvalue weighted by molar-refractivity contribution is 0.0526. The van der Waals surface area contributed by atoms with Gasteiger partial charge < -0.3 is 9.64 Å². The number of hydrogen-bond donors (Lipinski definition) is 0. The molecule has 1 unspecified atom stereocenters. The fourth-order valence-electron chi connectivity index (χ4n) is 2.28. The first-order chi connectivity index (χ1) is 8.33. The maximum atomic E-state index is 5.81. The summed E-state index contributed by atoms with van der Waals surface area (Å²) < 4.78 is 5.71. The maximum absolute atomic E-state index is 5.81. The summed E-state index contributed by atoms with van der Waals surface area (Å²) in [4.78, 5) is 6.58. The van der Waals surface area contributed by atoms with Crippen LogP contribution in [0.1, 0.15) is 25.5 Å². The van der Waals surface area contributed by atoms with Crippen molar-refractivity contribution in [3.8, 4) is 0 Å². The largest absolute Gasteiger partial charge is 0.377 e. The third kappa shape index (κ3) is 3.33. The topological polar surface area (TPSA) is 25.4 Å². The summed E-state index contributed by atoms with van der Waals surface area (Å²) >= 11 is 5.81. The number of ether oxygens (including phenoxy) is 1. The molecule has 4 heteroatoms. The molecule has 2 rings (SSSR count). The van der Waals surface area contributed by atoms with E-state index in [9.17, 15) is 0 Å².